The molecule has 0 saturated carbocycles. The van der Waals surface area contributed by atoms with Gasteiger partial charge in [0.05, 0.1) is 211 Å². The van der Waals surface area contributed by atoms with Crippen molar-refractivity contribution in [2.75, 3.05) is 342 Å². The zero-order valence-corrected chi connectivity index (χ0v) is 78.8. The Kier molecular flexibility index (Phi) is 77.0. The summed E-state index contributed by atoms with van der Waals surface area (Å²) in [6, 6.07) is 0. The number of ether oxygens (including phenoxy) is 16. The van der Waals surface area contributed by atoms with Gasteiger partial charge in [-0.15, -0.1) is 0 Å². The molecular weight excluding hydrogens is 1590 g/mol. The molecule has 124 heavy (non-hydrogen) atoms. The number of carbonyl (C=O) groups excluding carboxylic acids is 4. The highest BCUT2D eigenvalue weighted by atomic mass is 16.6. The molecule has 11 saturated heterocycles. The first kappa shape index (κ1) is 112. The zero-order valence-electron chi connectivity index (χ0n) is 78.8. The van der Waals surface area contributed by atoms with E-state index in [1.165, 1.54) is 141 Å². The van der Waals surface area contributed by atoms with Crippen molar-refractivity contribution in [1.29, 1.82) is 0 Å². The van der Waals surface area contributed by atoms with Crippen LogP contribution in [0.5, 0.6) is 0 Å². The van der Waals surface area contributed by atoms with Crippen molar-refractivity contribution in [3.8, 4) is 0 Å². The second-order valence-electron chi connectivity index (χ2n) is 34.4. The fourth-order valence-electron chi connectivity index (χ4n) is 16.3. The molecule has 11 rings (SSSR count). The largest absolute Gasteiger partial charge is 0.378 e. The summed E-state index contributed by atoms with van der Waals surface area (Å²) in [4.78, 5) is 71.4. The van der Waals surface area contributed by atoms with Gasteiger partial charge >= 0.3 is 0 Å². The molecule has 0 unspecified atom stereocenters. The van der Waals surface area contributed by atoms with Gasteiger partial charge < -0.3 is 95.4 Å². The number of nitrogens with zero attached hydrogens (tertiary/aromatic N) is 8. The monoisotopic (exact) mass is 1770 g/mol. The van der Waals surface area contributed by atoms with Crippen molar-refractivity contribution in [3.05, 3.63) is 0 Å². The SMILES string of the molecule is O=C1CCCCCCCCCCCN2CCOCCOCCN(CCCCCCCCCCCC(=O)N3CCOCCOCCN(CCCCCCCCCCCC(=O)N4CCOCCOCCN(CCOCCOCC4)C(=O)CCCCCCCCCCCN4CCOCCOCCN1CCOCCOCC4)CCOCCOCC3)CCOCCOCC2. The first-order chi connectivity index (χ1) is 61.4. The van der Waals surface area contributed by atoms with Crippen molar-refractivity contribution in [3.63, 3.8) is 0 Å². The normalized spacial score (nSPS) is 26.8. The molecule has 11 aliphatic heterocycles. The molecule has 4 amide bonds. The summed E-state index contributed by atoms with van der Waals surface area (Å²) in [5.41, 5.74) is 0. The summed E-state index contributed by atoms with van der Waals surface area (Å²) in [6.07, 6.45) is 43.7. The maximum absolute atomic E-state index is 13.5. The fourth-order valence-corrected chi connectivity index (χ4v) is 16.3. The summed E-state index contributed by atoms with van der Waals surface area (Å²) >= 11 is 0. The van der Waals surface area contributed by atoms with Crippen LogP contribution in [0.25, 0.3) is 0 Å². The predicted molar refractivity (Wildman–Crippen MR) is 490 cm³/mol. The maximum atomic E-state index is 13.5. The summed E-state index contributed by atoms with van der Waals surface area (Å²) in [5, 5.41) is 0. The van der Waals surface area contributed by atoms with Gasteiger partial charge in [-0.3, -0.25) is 38.8 Å². The summed E-state index contributed by atoms with van der Waals surface area (Å²) in [6.45, 7) is 32.7. The molecule has 28 heteroatoms. The van der Waals surface area contributed by atoms with E-state index in [1.54, 1.807) is 0 Å². The molecule has 0 N–H and O–H groups in total. The summed E-state index contributed by atoms with van der Waals surface area (Å²) < 4.78 is 96.2. The second-order valence-corrected chi connectivity index (χ2v) is 34.4. The number of carbonyl (C=O) groups is 4. The molecule has 11 heterocycles. The van der Waals surface area contributed by atoms with E-state index in [0.29, 0.717) is 289 Å². The van der Waals surface area contributed by atoms with E-state index < -0.39 is 0 Å². The second kappa shape index (κ2) is 85.5. The molecule has 0 aromatic heterocycles. The lowest BCUT2D eigenvalue weighted by molar-refractivity contribution is -0.134. The Balaban J connectivity index is 0.995. The van der Waals surface area contributed by atoms with Crippen LogP contribution in [0.15, 0.2) is 0 Å². The van der Waals surface area contributed by atoms with Crippen molar-refractivity contribution >= 4 is 23.6 Å². The van der Waals surface area contributed by atoms with Crippen LogP contribution in [0.2, 0.25) is 0 Å². The molecule has 11 fully saturated rings. The van der Waals surface area contributed by atoms with Gasteiger partial charge in [0, 0.05) is 130 Å². The molecule has 0 spiro atoms. The highest BCUT2D eigenvalue weighted by Crippen LogP contribution is 2.19. The minimum atomic E-state index is 0.152. The molecule has 0 atom stereocenters. The predicted octanol–water partition coefficient (Wildman–Crippen LogP) is 12.4. The van der Waals surface area contributed by atoms with Gasteiger partial charge in [0.25, 0.3) is 0 Å². The summed E-state index contributed by atoms with van der Waals surface area (Å²) in [7, 11) is 0. The van der Waals surface area contributed by atoms with Gasteiger partial charge in [-0.25, -0.2) is 0 Å². The van der Waals surface area contributed by atoms with Crippen LogP contribution in [0.3, 0.4) is 0 Å². The fraction of sp³-hybridized carbons (Fsp3) is 0.958. The van der Waals surface area contributed by atoms with Gasteiger partial charge in [-0.2, -0.15) is 0 Å². The highest BCUT2D eigenvalue weighted by molar-refractivity contribution is 5.77. The van der Waals surface area contributed by atoms with Gasteiger partial charge in [-0.05, 0) is 77.5 Å². The van der Waals surface area contributed by atoms with Crippen LogP contribution < -0.4 is 0 Å². The van der Waals surface area contributed by atoms with Crippen LogP contribution >= 0.6 is 0 Å². The van der Waals surface area contributed by atoms with Crippen LogP contribution in [0, 0.1) is 0 Å². The van der Waals surface area contributed by atoms with E-state index in [1.807, 2.05) is 19.6 Å². The molecule has 728 valence electrons. The Bertz CT molecular complexity index is 2140. The van der Waals surface area contributed by atoms with Crippen molar-refractivity contribution in [2.24, 2.45) is 0 Å². The number of rotatable bonds is 0. The van der Waals surface area contributed by atoms with Crippen molar-refractivity contribution in [1.82, 2.24) is 39.2 Å². The molecule has 0 aromatic carbocycles. The van der Waals surface area contributed by atoms with Gasteiger partial charge in [-0.1, -0.05) is 180 Å². The Morgan fingerprint density at radius 2 is 0.218 bits per heavy atom. The average molecular weight is 1770 g/mol. The van der Waals surface area contributed by atoms with Gasteiger partial charge in [0.2, 0.25) is 23.6 Å². The zero-order chi connectivity index (χ0) is 87.3. The third kappa shape index (κ3) is 67.3. The summed E-state index contributed by atoms with van der Waals surface area (Å²) in [5.74, 6) is 0.664. The Morgan fingerprint density at radius 3 is 0.347 bits per heavy atom. The van der Waals surface area contributed by atoms with Crippen LogP contribution in [0.1, 0.15) is 257 Å². The van der Waals surface area contributed by atoms with Crippen LogP contribution in [0.4, 0.5) is 0 Å². The van der Waals surface area contributed by atoms with E-state index in [9.17, 15) is 19.2 Å². The van der Waals surface area contributed by atoms with E-state index in [4.69, 9.17) is 75.8 Å². The van der Waals surface area contributed by atoms with Gasteiger partial charge in [0.1, 0.15) is 0 Å². The molecule has 0 aliphatic carbocycles. The minimum absolute atomic E-state index is 0.152. The molecule has 0 aromatic rings. The third-order valence-electron chi connectivity index (χ3n) is 24.3. The van der Waals surface area contributed by atoms with Gasteiger partial charge in [0.15, 0.2) is 0 Å². The number of hydrogen-bond donors (Lipinski definition) is 0. The molecular formula is C96H184N8O20. The van der Waals surface area contributed by atoms with E-state index in [-0.39, 0.29) is 23.6 Å². The van der Waals surface area contributed by atoms with E-state index >= 15 is 0 Å². The smallest absolute Gasteiger partial charge is 0.222 e. The van der Waals surface area contributed by atoms with E-state index in [2.05, 4.69) is 19.6 Å². The molecule has 0 radical (unpaired) electrons. The van der Waals surface area contributed by atoms with Crippen LogP contribution in [-0.4, -0.2) is 405 Å². The molecule has 8 bridgehead atoms. The molecule has 28 nitrogen and oxygen atoms in total. The Hall–Kier alpha value is -2.92. The number of amides is 4. The minimum Gasteiger partial charge on any atom is -0.378 e. The maximum Gasteiger partial charge on any atom is 0.222 e. The van der Waals surface area contributed by atoms with Crippen molar-refractivity contribution < 1.29 is 95.0 Å². The van der Waals surface area contributed by atoms with Crippen molar-refractivity contribution in [2.45, 2.75) is 257 Å². The first-order valence-electron chi connectivity index (χ1n) is 50.7. The number of hydrogen-bond acceptors (Lipinski definition) is 24. The topological polar surface area (TPSA) is 242 Å². The third-order valence-corrected chi connectivity index (χ3v) is 24.3. The molecule has 11 aliphatic rings. The van der Waals surface area contributed by atoms with Crippen LogP contribution in [-0.2, 0) is 95.0 Å². The lowest BCUT2D eigenvalue weighted by Gasteiger charge is -2.24. The average Bonchev–Trinajstić information content (AvgIpc) is 1.02. The highest BCUT2D eigenvalue weighted by Gasteiger charge is 2.20. The quantitative estimate of drug-likeness (QED) is 0.219. The van der Waals surface area contributed by atoms with E-state index in [0.717, 1.165) is 168 Å². The standard InChI is InChI=1S/C96H184N8O20/c105-93-37-29-21-13-5-1-9-17-25-33-41-97-45-61-109-77-79-111-63-47-98(48-64-112-80-78-110-62-46-97)42-34-26-18-10-2-6-14-22-30-38-94(106)102-55-71-119-87-83-115-67-51-100(52-68-116-84-88-120-72-56-102)44-36-28-20-12-4-8-16-24-32-40-96(108)104-59-75-123-91-89-121-73-57-103(58-74-122-90-92-124-76-60-104)95(107)39-31-23-15-7-3-11-19-27-35-43-99-49-65-113-81-85-117-69-53-101(93)54-70-118-86-82-114-66-50-99/h1-92H2. The Morgan fingerprint density at radius 1 is 0.113 bits per heavy atom. The lowest BCUT2D eigenvalue weighted by atomic mass is 10.1. The lowest BCUT2D eigenvalue weighted by Crippen LogP contribution is -2.38. The Labute approximate surface area is 753 Å². The first-order valence-corrected chi connectivity index (χ1v) is 50.7.